The van der Waals surface area contributed by atoms with Crippen LogP contribution in [0.4, 0.5) is 5.69 Å². The molecule has 0 aliphatic heterocycles. The maximum absolute atomic E-state index is 11.7. The highest BCUT2D eigenvalue weighted by atomic mass is 16.5. The Bertz CT molecular complexity index is 404. The first kappa shape index (κ1) is 17.5. The van der Waals surface area contributed by atoms with Crippen LogP contribution in [0.15, 0.2) is 24.3 Å². The Morgan fingerprint density at radius 3 is 2.52 bits per heavy atom. The van der Waals surface area contributed by atoms with Crippen molar-refractivity contribution in [2.45, 2.75) is 20.3 Å². The summed E-state index contributed by atoms with van der Waals surface area (Å²) in [4.78, 5) is 11.7. The van der Waals surface area contributed by atoms with Gasteiger partial charge in [0.2, 0.25) is 5.91 Å². The SMILES string of the molecule is COCCNCC(=O)Nc1ccc(OCCC(C)C)cc1. The minimum atomic E-state index is -0.0698. The molecule has 0 aliphatic carbocycles. The van der Waals surface area contributed by atoms with Crippen molar-refractivity contribution in [1.29, 1.82) is 0 Å². The lowest BCUT2D eigenvalue weighted by Gasteiger charge is -2.10. The van der Waals surface area contributed by atoms with Gasteiger partial charge in [-0.05, 0) is 36.6 Å². The molecule has 0 saturated carbocycles. The van der Waals surface area contributed by atoms with Gasteiger partial charge in [-0.3, -0.25) is 4.79 Å². The third-order valence-electron chi connectivity index (χ3n) is 2.87. The minimum Gasteiger partial charge on any atom is -0.494 e. The van der Waals surface area contributed by atoms with Gasteiger partial charge >= 0.3 is 0 Å². The monoisotopic (exact) mass is 294 g/mol. The predicted octanol–water partition coefficient (Wildman–Crippen LogP) is 2.29. The van der Waals surface area contributed by atoms with Crippen molar-refractivity contribution in [1.82, 2.24) is 5.32 Å². The normalized spacial score (nSPS) is 10.7. The quantitative estimate of drug-likeness (QED) is 0.650. The Kier molecular flexibility index (Phi) is 8.47. The molecule has 0 atom stereocenters. The number of rotatable bonds is 10. The van der Waals surface area contributed by atoms with Crippen molar-refractivity contribution >= 4 is 11.6 Å². The lowest BCUT2D eigenvalue weighted by Crippen LogP contribution is -2.30. The highest BCUT2D eigenvalue weighted by Crippen LogP contribution is 2.16. The molecule has 1 amide bonds. The average molecular weight is 294 g/mol. The first-order chi connectivity index (χ1) is 10.1. The van der Waals surface area contributed by atoms with E-state index in [0.717, 1.165) is 17.9 Å². The van der Waals surface area contributed by atoms with Crippen molar-refractivity contribution in [2.75, 3.05) is 38.7 Å². The van der Waals surface area contributed by atoms with Crippen LogP contribution in [0.2, 0.25) is 0 Å². The van der Waals surface area contributed by atoms with Gasteiger partial charge in [0, 0.05) is 19.3 Å². The number of benzene rings is 1. The number of ether oxygens (including phenoxy) is 2. The molecule has 1 aromatic carbocycles. The molecule has 0 bridgehead atoms. The molecule has 0 spiro atoms. The van der Waals surface area contributed by atoms with Crippen molar-refractivity contribution in [3.63, 3.8) is 0 Å². The zero-order valence-electron chi connectivity index (χ0n) is 13.1. The molecule has 0 unspecified atom stereocenters. The Morgan fingerprint density at radius 1 is 1.19 bits per heavy atom. The van der Waals surface area contributed by atoms with Gasteiger partial charge in [-0.15, -0.1) is 0 Å². The molecular formula is C16H26N2O3. The summed E-state index contributed by atoms with van der Waals surface area (Å²) in [6.07, 6.45) is 1.03. The van der Waals surface area contributed by atoms with Gasteiger partial charge in [-0.2, -0.15) is 0 Å². The van der Waals surface area contributed by atoms with E-state index < -0.39 is 0 Å². The number of hydrogen-bond acceptors (Lipinski definition) is 4. The number of amides is 1. The largest absolute Gasteiger partial charge is 0.494 e. The minimum absolute atomic E-state index is 0.0698. The van der Waals surface area contributed by atoms with E-state index in [1.54, 1.807) is 7.11 Å². The first-order valence-electron chi connectivity index (χ1n) is 7.34. The third kappa shape index (κ3) is 8.32. The molecule has 2 N–H and O–H groups in total. The van der Waals surface area contributed by atoms with Crippen LogP contribution in [-0.2, 0) is 9.53 Å². The highest BCUT2D eigenvalue weighted by molar-refractivity contribution is 5.92. The summed E-state index contributed by atoms with van der Waals surface area (Å²) in [5, 5.41) is 5.82. The zero-order valence-corrected chi connectivity index (χ0v) is 13.1. The van der Waals surface area contributed by atoms with Crippen molar-refractivity contribution in [3.05, 3.63) is 24.3 Å². The Labute approximate surface area is 127 Å². The lowest BCUT2D eigenvalue weighted by atomic mass is 10.1. The topological polar surface area (TPSA) is 59.6 Å². The van der Waals surface area contributed by atoms with E-state index in [9.17, 15) is 4.79 Å². The molecule has 1 rings (SSSR count). The zero-order chi connectivity index (χ0) is 15.5. The van der Waals surface area contributed by atoms with E-state index in [4.69, 9.17) is 9.47 Å². The summed E-state index contributed by atoms with van der Waals surface area (Å²) in [6.45, 7) is 6.58. The number of carbonyl (C=O) groups excluding carboxylic acids is 1. The maximum Gasteiger partial charge on any atom is 0.238 e. The summed E-state index contributed by atoms with van der Waals surface area (Å²) in [6, 6.07) is 7.43. The van der Waals surface area contributed by atoms with Crippen LogP contribution >= 0.6 is 0 Å². The number of methoxy groups -OCH3 is 1. The van der Waals surface area contributed by atoms with Gasteiger partial charge in [0.15, 0.2) is 0 Å². The Balaban J connectivity index is 2.28. The molecule has 0 aliphatic rings. The molecule has 118 valence electrons. The molecule has 1 aromatic rings. The van der Waals surface area contributed by atoms with Crippen LogP contribution in [0.5, 0.6) is 5.75 Å². The summed E-state index contributed by atoms with van der Waals surface area (Å²) < 4.78 is 10.5. The highest BCUT2D eigenvalue weighted by Gasteiger charge is 2.02. The van der Waals surface area contributed by atoms with Gasteiger partial charge in [0.25, 0.3) is 0 Å². The van der Waals surface area contributed by atoms with E-state index in [1.165, 1.54) is 0 Å². The van der Waals surface area contributed by atoms with E-state index in [1.807, 2.05) is 24.3 Å². The van der Waals surface area contributed by atoms with E-state index >= 15 is 0 Å². The molecule has 5 heteroatoms. The third-order valence-corrected chi connectivity index (χ3v) is 2.87. The molecule has 0 aromatic heterocycles. The summed E-state index contributed by atoms with van der Waals surface area (Å²) in [5.74, 6) is 1.39. The maximum atomic E-state index is 11.7. The Morgan fingerprint density at radius 2 is 1.90 bits per heavy atom. The summed E-state index contributed by atoms with van der Waals surface area (Å²) >= 11 is 0. The van der Waals surface area contributed by atoms with Crippen molar-refractivity contribution in [2.24, 2.45) is 5.92 Å². The number of carbonyl (C=O) groups is 1. The first-order valence-corrected chi connectivity index (χ1v) is 7.34. The van der Waals surface area contributed by atoms with Crippen LogP contribution in [0, 0.1) is 5.92 Å². The molecule has 0 fully saturated rings. The molecule has 0 saturated heterocycles. The molecule has 5 nitrogen and oxygen atoms in total. The van der Waals surface area contributed by atoms with Gasteiger partial charge in [-0.1, -0.05) is 13.8 Å². The van der Waals surface area contributed by atoms with Gasteiger partial charge < -0.3 is 20.1 Å². The Hall–Kier alpha value is -1.59. The second-order valence-corrected chi connectivity index (χ2v) is 5.27. The number of anilines is 1. The van der Waals surface area contributed by atoms with Crippen LogP contribution in [0.3, 0.4) is 0 Å². The fraction of sp³-hybridized carbons (Fsp3) is 0.562. The number of hydrogen-bond donors (Lipinski definition) is 2. The van der Waals surface area contributed by atoms with Crippen LogP contribution < -0.4 is 15.4 Å². The second kappa shape index (κ2) is 10.2. The van der Waals surface area contributed by atoms with Crippen LogP contribution in [0.25, 0.3) is 0 Å². The smallest absolute Gasteiger partial charge is 0.238 e. The lowest BCUT2D eigenvalue weighted by molar-refractivity contribution is -0.115. The molecular weight excluding hydrogens is 268 g/mol. The number of nitrogens with one attached hydrogen (secondary N) is 2. The fourth-order valence-electron chi connectivity index (χ4n) is 1.63. The van der Waals surface area contributed by atoms with Gasteiger partial charge in [0.1, 0.15) is 5.75 Å². The van der Waals surface area contributed by atoms with E-state index in [0.29, 0.717) is 25.7 Å². The fourth-order valence-corrected chi connectivity index (χ4v) is 1.63. The van der Waals surface area contributed by atoms with Crippen molar-refractivity contribution in [3.8, 4) is 5.75 Å². The molecule has 0 heterocycles. The standard InChI is InChI=1S/C16H26N2O3/c1-13(2)8-10-21-15-6-4-14(5-7-15)18-16(19)12-17-9-11-20-3/h4-7,13,17H,8-12H2,1-3H3,(H,18,19). The van der Waals surface area contributed by atoms with E-state index in [2.05, 4.69) is 24.5 Å². The van der Waals surface area contributed by atoms with E-state index in [-0.39, 0.29) is 12.5 Å². The summed E-state index contributed by atoms with van der Waals surface area (Å²) in [5.41, 5.74) is 0.768. The van der Waals surface area contributed by atoms with Crippen LogP contribution in [-0.4, -0.2) is 39.3 Å². The second-order valence-electron chi connectivity index (χ2n) is 5.27. The predicted molar refractivity (Wildman–Crippen MR) is 84.8 cm³/mol. The summed E-state index contributed by atoms with van der Waals surface area (Å²) in [7, 11) is 1.63. The average Bonchev–Trinajstić information content (AvgIpc) is 2.45. The van der Waals surface area contributed by atoms with Crippen molar-refractivity contribution < 1.29 is 14.3 Å². The van der Waals surface area contributed by atoms with Crippen LogP contribution in [0.1, 0.15) is 20.3 Å². The van der Waals surface area contributed by atoms with Gasteiger partial charge in [-0.25, -0.2) is 0 Å². The molecule has 0 radical (unpaired) electrons. The molecule has 21 heavy (non-hydrogen) atoms. The van der Waals surface area contributed by atoms with Gasteiger partial charge in [0.05, 0.1) is 19.8 Å².